The Hall–Kier alpha value is -1.56. The molecule has 0 radical (unpaired) electrons. The minimum Gasteiger partial charge on any atom is -0.419 e. The number of hydrogen-bond acceptors (Lipinski definition) is 4. The van der Waals surface area contributed by atoms with Gasteiger partial charge in [-0.1, -0.05) is 6.58 Å². The summed E-state index contributed by atoms with van der Waals surface area (Å²) >= 11 is 0. The van der Waals surface area contributed by atoms with Gasteiger partial charge in [-0.05, 0) is 76.8 Å². The Kier molecular flexibility index (Phi) is 4.95. The summed E-state index contributed by atoms with van der Waals surface area (Å²) in [6, 6.07) is 0.619. The molecule has 4 fully saturated rings. The molecule has 2 saturated carbocycles. The van der Waals surface area contributed by atoms with Crippen molar-refractivity contribution in [3.8, 4) is 0 Å². The zero-order valence-corrected chi connectivity index (χ0v) is 16.5. The Morgan fingerprint density at radius 2 is 1.85 bits per heavy atom. The SMILES string of the molecule is C=COC(=O)N1CCC2(CC(N3CCC(C(=O)NC4(C)CCC4)CC3)C2)C1. The van der Waals surface area contributed by atoms with Crippen molar-refractivity contribution in [2.75, 3.05) is 26.2 Å². The van der Waals surface area contributed by atoms with E-state index < -0.39 is 0 Å². The number of amides is 2. The number of rotatable bonds is 4. The minimum atomic E-state index is -0.266. The molecular formula is C21H33N3O3. The van der Waals surface area contributed by atoms with E-state index in [0.717, 1.165) is 58.3 Å². The van der Waals surface area contributed by atoms with E-state index in [1.165, 1.54) is 25.5 Å². The first-order chi connectivity index (χ1) is 12.9. The quantitative estimate of drug-likeness (QED) is 0.768. The van der Waals surface area contributed by atoms with Crippen LogP contribution in [0.15, 0.2) is 12.8 Å². The Balaban J connectivity index is 1.20. The summed E-state index contributed by atoms with van der Waals surface area (Å²) in [6.45, 7) is 9.29. The molecule has 27 heavy (non-hydrogen) atoms. The predicted molar refractivity (Wildman–Crippen MR) is 103 cm³/mol. The molecule has 4 aliphatic rings. The van der Waals surface area contributed by atoms with Gasteiger partial charge < -0.3 is 19.9 Å². The molecule has 6 heteroatoms. The summed E-state index contributed by atoms with van der Waals surface area (Å²) in [5.41, 5.74) is 0.355. The number of carbonyl (C=O) groups is 2. The third kappa shape index (κ3) is 3.73. The first-order valence-corrected chi connectivity index (χ1v) is 10.5. The van der Waals surface area contributed by atoms with Crippen molar-refractivity contribution in [1.82, 2.24) is 15.1 Å². The highest BCUT2D eigenvalue weighted by molar-refractivity contribution is 5.79. The lowest BCUT2D eigenvalue weighted by molar-refractivity contribution is -0.130. The summed E-state index contributed by atoms with van der Waals surface area (Å²) in [7, 11) is 0. The van der Waals surface area contributed by atoms with Crippen molar-refractivity contribution < 1.29 is 14.3 Å². The van der Waals surface area contributed by atoms with E-state index in [4.69, 9.17) is 4.74 Å². The van der Waals surface area contributed by atoms with Crippen LogP contribution >= 0.6 is 0 Å². The van der Waals surface area contributed by atoms with Crippen LogP contribution in [0.4, 0.5) is 4.79 Å². The molecule has 0 aromatic rings. The van der Waals surface area contributed by atoms with Crippen molar-refractivity contribution in [3.05, 3.63) is 12.8 Å². The third-order valence-electron chi connectivity index (χ3n) is 7.52. The summed E-state index contributed by atoms with van der Waals surface area (Å²) < 4.78 is 4.91. The molecule has 0 aromatic carbocycles. The Bertz CT molecular complexity index is 602. The van der Waals surface area contributed by atoms with E-state index >= 15 is 0 Å². The topological polar surface area (TPSA) is 61.9 Å². The molecule has 2 amide bonds. The van der Waals surface area contributed by atoms with E-state index in [9.17, 15) is 9.59 Å². The van der Waals surface area contributed by atoms with Gasteiger partial charge in [0.25, 0.3) is 0 Å². The van der Waals surface area contributed by atoms with Crippen LogP contribution < -0.4 is 5.32 Å². The molecule has 1 spiro atoms. The average Bonchev–Trinajstić information content (AvgIpc) is 3.05. The van der Waals surface area contributed by atoms with Crippen LogP contribution in [-0.4, -0.2) is 59.6 Å². The van der Waals surface area contributed by atoms with Gasteiger partial charge in [0.2, 0.25) is 5.91 Å². The number of hydrogen-bond donors (Lipinski definition) is 1. The van der Waals surface area contributed by atoms with Crippen molar-refractivity contribution in [1.29, 1.82) is 0 Å². The minimum absolute atomic E-state index is 0.0651. The van der Waals surface area contributed by atoms with Gasteiger partial charge in [-0.2, -0.15) is 0 Å². The molecule has 150 valence electrons. The number of nitrogens with one attached hydrogen (secondary N) is 1. The lowest BCUT2D eigenvalue weighted by atomic mass is 9.64. The first-order valence-electron chi connectivity index (χ1n) is 10.5. The van der Waals surface area contributed by atoms with E-state index in [2.05, 4.69) is 23.7 Å². The number of ether oxygens (including phenoxy) is 1. The molecule has 6 nitrogen and oxygen atoms in total. The van der Waals surface area contributed by atoms with Crippen molar-refractivity contribution in [2.24, 2.45) is 11.3 Å². The molecule has 2 aliphatic heterocycles. The molecule has 0 unspecified atom stereocenters. The van der Waals surface area contributed by atoms with Gasteiger partial charge in [-0.3, -0.25) is 4.79 Å². The number of likely N-dealkylation sites (tertiary alicyclic amines) is 2. The van der Waals surface area contributed by atoms with Crippen molar-refractivity contribution >= 4 is 12.0 Å². The highest BCUT2D eigenvalue weighted by Gasteiger charge is 2.51. The number of piperidine rings is 1. The normalized spacial score (nSPS) is 33.2. The summed E-state index contributed by atoms with van der Waals surface area (Å²) in [5.74, 6) is 0.456. The number of nitrogens with zero attached hydrogens (tertiary/aromatic N) is 2. The standard InChI is InChI=1S/C21H33N3O3/c1-3-27-19(26)24-12-9-21(15-24)13-17(14-21)23-10-5-16(6-11-23)18(25)22-20(2)7-4-8-20/h3,16-17H,1,4-15H2,2H3,(H,22,25). The molecule has 2 heterocycles. The molecular weight excluding hydrogens is 342 g/mol. The van der Waals surface area contributed by atoms with Crippen LogP contribution in [0.5, 0.6) is 0 Å². The fraction of sp³-hybridized carbons (Fsp3) is 0.810. The van der Waals surface area contributed by atoms with Gasteiger partial charge in [0.15, 0.2) is 0 Å². The van der Waals surface area contributed by atoms with E-state index in [0.29, 0.717) is 6.04 Å². The fourth-order valence-electron chi connectivity index (χ4n) is 5.53. The third-order valence-corrected chi connectivity index (χ3v) is 7.52. The van der Waals surface area contributed by atoms with Crippen LogP contribution in [0, 0.1) is 11.3 Å². The van der Waals surface area contributed by atoms with Crippen molar-refractivity contribution in [3.63, 3.8) is 0 Å². The van der Waals surface area contributed by atoms with Gasteiger partial charge in [-0.15, -0.1) is 0 Å². The van der Waals surface area contributed by atoms with Crippen LogP contribution in [0.2, 0.25) is 0 Å². The Morgan fingerprint density at radius 3 is 2.44 bits per heavy atom. The summed E-state index contributed by atoms with van der Waals surface area (Å²) in [6.07, 6.45) is 9.79. The second-order valence-corrected chi connectivity index (χ2v) is 9.50. The maximum atomic E-state index is 12.5. The van der Waals surface area contributed by atoms with E-state index in [-0.39, 0.29) is 28.9 Å². The van der Waals surface area contributed by atoms with Crippen LogP contribution in [-0.2, 0) is 9.53 Å². The Labute approximate surface area is 162 Å². The predicted octanol–water partition coefficient (Wildman–Crippen LogP) is 2.89. The van der Waals surface area contributed by atoms with E-state index in [1.807, 2.05) is 4.90 Å². The van der Waals surface area contributed by atoms with Gasteiger partial charge in [-0.25, -0.2) is 4.79 Å². The monoisotopic (exact) mass is 375 g/mol. The maximum Gasteiger partial charge on any atom is 0.414 e. The molecule has 0 aromatic heterocycles. The second kappa shape index (κ2) is 7.12. The van der Waals surface area contributed by atoms with Crippen molar-refractivity contribution in [2.45, 2.75) is 69.9 Å². The molecule has 2 aliphatic carbocycles. The number of carbonyl (C=O) groups excluding carboxylic acids is 2. The average molecular weight is 376 g/mol. The van der Waals surface area contributed by atoms with Crippen LogP contribution in [0.3, 0.4) is 0 Å². The summed E-state index contributed by atoms with van der Waals surface area (Å²) in [5, 5.41) is 3.29. The molecule has 4 rings (SSSR count). The summed E-state index contributed by atoms with van der Waals surface area (Å²) in [4.78, 5) is 28.8. The van der Waals surface area contributed by atoms with Crippen LogP contribution in [0.25, 0.3) is 0 Å². The zero-order valence-electron chi connectivity index (χ0n) is 16.5. The fourth-order valence-corrected chi connectivity index (χ4v) is 5.53. The largest absolute Gasteiger partial charge is 0.419 e. The molecule has 0 bridgehead atoms. The van der Waals surface area contributed by atoms with Crippen LogP contribution in [0.1, 0.15) is 58.3 Å². The first kappa shape index (κ1) is 18.8. The highest BCUT2D eigenvalue weighted by Crippen LogP contribution is 2.50. The lowest BCUT2D eigenvalue weighted by Gasteiger charge is -2.51. The molecule has 0 atom stereocenters. The zero-order chi connectivity index (χ0) is 19.1. The highest BCUT2D eigenvalue weighted by atomic mass is 16.5. The molecule has 1 N–H and O–H groups in total. The maximum absolute atomic E-state index is 12.5. The molecule has 2 saturated heterocycles. The van der Waals surface area contributed by atoms with E-state index in [1.54, 1.807) is 0 Å². The second-order valence-electron chi connectivity index (χ2n) is 9.50. The van der Waals surface area contributed by atoms with Gasteiger partial charge in [0, 0.05) is 30.6 Å². The smallest absolute Gasteiger partial charge is 0.414 e. The van der Waals surface area contributed by atoms with Gasteiger partial charge >= 0.3 is 6.09 Å². The Morgan fingerprint density at radius 1 is 1.15 bits per heavy atom. The van der Waals surface area contributed by atoms with Gasteiger partial charge in [0.05, 0.1) is 6.26 Å². The van der Waals surface area contributed by atoms with Gasteiger partial charge in [0.1, 0.15) is 0 Å². The lowest BCUT2D eigenvalue weighted by Crippen LogP contribution is -2.56.